The van der Waals surface area contributed by atoms with Crippen molar-refractivity contribution in [3.63, 3.8) is 0 Å². The molecule has 1 aliphatic rings. The number of hydrogen-bond donors (Lipinski definition) is 0. The molecule has 1 aliphatic carbocycles. The van der Waals surface area contributed by atoms with Gasteiger partial charge in [0, 0.05) is 0 Å². The van der Waals surface area contributed by atoms with E-state index in [0.717, 1.165) is 12.5 Å². The standard InChI is InChI=1S/C13H24O/c1-13(2,3)14-11-12-9-7-5-4-6-8-10-12/h4-5,12H,6-11H2,1-3H3/b5-4-. The molecule has 1 rings (SSSR count). The molecule has 0 aliphatic heterocycles. The van der Waals surface area contributed by atoms with Crippen molar-refractivity contribution in [1.29, 1.82) is 0 Å². The highest BCUT2D eigenvalue weighted by atomic mass is 16.5. The van der Waals surface area contributed by atoms with Crippen LogP contribution in [0.15, 0.2) is 12.2 Å². The van der Waals surface area contributed by atoms with E-state index in [4.69, 9.17) is 4.74 Å². The lowest BCUT2D eigenvalue weighted by molar-refractivity contribution is -0.0250. The van der Waals surface area contributed by atoms with Gasteiger partial charge in [0.25, 0.3) is 0 Å². The van der Waals surface area contributed by atoms with E-state index in [9.17, 15) is 0 Å². The predicted molar refractivity (Wildman–Crippen MR) is 61.4 cm³/mol. The maximum absolute atomic E-state index is 5.84. The molecule has 14 heavy (non-hydrogen) atoms. The lowest BCUT2D eigenvalue weighted by Crippen LogP contribution is -2.23. The van der Waals surface area contributed by atoms with Crippen LogP contribution in [0.25, 0.3) is 0 Å². The number of rotatable bonds is 2. The summed E-state index contributed by atoms with van der Waals surface area (Å²) in [4.78, 5) is 0. The fourth-order valence-electron chi connectivity index (χ4n) is 1.77. The van der Waals surface area contributed by atoms with Gasteiger partial charge >= 0.3 is 0 Å². The third-order valence-electron chi connectivity index (χ3n) is 2.64. The van der Waals surface area contributed by atoms with Crippen molar-refractivity contribution in [3.05, 3.63) is 12.2 Å². The van der Waals surface area contributed by atoms with E-state index in [2.05, 4.69) is 32.9 Å². The Morgan fingerprint density at radius 3 is 2.57 bits per heavy atom. The van der Waals surface area contributed by atoms with Crippen molar-refractivity contribution in [2.45, 2.75) is 58.5 Å². The zero-order valence-corrected chi connectivity index (χ0v) is 9.88. The maximum atomic E-state index is 5.84. The maximum Gasteiger partial charge on any atom is 0.0598 e. The smallest absolute Gasteiger partial charge is 0.0598 e. The molecule has 0 aromatic carbocycles. The number of hydrogen-bond acceptors (Lipinski definition) is 1. The lowest BCUT2D eigenvalue weighted by atomic mass is 9.95. The summed E-state index contributed by atoms with van der Waals surface area (Å²) in [7, 11) is 0. The van der Waals surface area contributed by atoms with Gasteiger partial charge in [0.15, 0.2) is 0 Å². The van der Waals surface area contributed by atoms with Crippen molar-refractivity contribution in [2.24, 2.45) is 5.92 Å². The van der Waals surface area contributed by atoms with Crippen LogP contribution in [0.5, 0.6) is 0 Å². The van der Waals surface area contributed by atoms with E-state index in [0.29, 0.717) is 0 Å². The largest absolute Gasteiger partial charge is 0.376 e. The average molecular weight is 196 g/mol. The Hall–Kier alpha value is -0.300. The molecule has 0 N–H and O–H groups in total. The summed E-state index contributed by atoms with van der Waals surface area (Å²) in [5.41, 5.74) is 0.0260. The first kappa shape index (κ1) is 11.8. The molecular formula is C13H24O. The fraction of sp³-hybridized carbons (Fsp3) is 0.846. The highest BCUT2D eigenvalue weighted by molar-refractivity contribution is 4.85. The Morgan fingerprint density at radius 2 is 1.86 bits per heavy atom. The van der Waals surface area contributed by atoms with Gasteiger partial charge < -0.3 is 4.74 Å². The van der Waals surface area contributed by atoms with Crippen molar-refractivity contribution in [2.75, 3.05) is 6.61 Å². The Bertz CT molecular complexity index is 176. The summed E-state index contributed by atoms with van der Waals surface area (Å²) in [6.45, 7) is 7.35. The first-order chi connectivity index (χ1) is 6.58. The van der Waals surface area contributed by atoms with Crippen molar-refractivity contribution in [1.82, 2.24) is 0 Å². The molecule has 1 unspecified atom stereocenters. The quantitative estimate of drug-likeness (QED) is 0.608. The van der Waals surface area contributed by atoms with Crippen LogP contribution in [0.4, 0.5) is 0 Å². The monoisotopic (exact) mass is 196 g/mol. The number of allylic oxidation sites excluding steroid dienone is 2. The summed E-state index contributed by atoms with van der Waals surface area (Å²) in [5, 5.41) is 0. The molecule has 0 amide bonds. The van der Waals surface area contributed by atoms with Gasteiger partial charge in [-0.25, -0.2) is 0 Å². The zero-order chi connectivity index (χ0) is 10.4. The second-order valence-electron chi connectivity index (χ2n) is 5.27. The molecule has 0 saturated heterocycles. The molecule has 1 atom stereocenters. The van der Waals surface area contributed by atoms with Gasteiger partial charge in [-0.2, -0.15) is 0 Å². The minimum absolute atomic E-state index is 0.0260. The van der Waals surface area contributed by atoms with E-state index in [1.165, 1.54) is 32.1 Å². The normalized spacial score (nSPS) is 26.6. The van der Waals surface area contributed by atoms with Crippen LogP contribution in [0.3, 0.4) is 0 Å². The van der Waals surface area contributed by atoms with Crippen molar-refractivity contribution in [3.8, 4) is 0 Å². The van der Waals surface area contributed by atoms with E-state index in [1.54, 1.807) is 0 Å². The Balaban J connectivity index is 2.25. The molecule has 0 radical (unpaired) electrons. The molecule has 0 bridgehead atoms. The first-order valence-corrected chi connectivity index (χ1v) is 5.87. The van der Waals surface area contributed by atoms with Crippen LogP contribution < -0.4 is 0 Å². The van der Waals surface area contributed by atoms with Gasteiger partial charge in [0.05, 0.1) is 12.2 Å². The molecule has 0 spiro atoms. The Kier molecular flexibility index (Phi) is 4.67. The Labute approximate surface area is 88.5 Å². The average Bonchev–Trinajstić information content (AvgIpc) is 2.00. The topological polar surface area (TPSA) is 9.23 Å². The molecule has 0 aromatic rings. The molecule has 0 fully saturated rings. The van der Waals surface area contributed by atoms with Gasteiger partial charge in [-0.1, -0.05) is 12.2 Å². The van der Waals surface area contributed by atoms with Crippen LogP contribution in [0, 0.1) is 5.92 Å². The molecule has 82 valence electrons. The summed E-state index contributed by atoms with van der Waals surface area (Å²) in [5.74, 6) is 0.777. The lowest BCUT2D eigenvalue weighted by Gasteiger charge is -2.24. The third kappa shape index (κ3) is 5.43. The van der Waals surface area contributed by atoms with Crippen molar-refractivity contribution < 1.29 is 4.74 Å². The molecule has 1 nitrogen and oxygen atoms in total. The molecule has 0 aromatic heterocycles. The minimum atomic E-state index is 0.0260. The summed E-state index contributed by atoms with van der Waals surface area (Å²) in [6.07, 6.45) is 11.1. The van der Waals surface area contributed by atoms with Crippen LogP contribution in [-0.2, 0) is 4.74 Å². The molecular weight excluding hydrogens is 172 g/mol. The van der Waals surface area contributed by atoms with Gasteiger partial charge in [-0.05, 0) is 58.8 Å². The highest BCUT2D eigenvalue weighted by Gasteiger charge is 2.15. The first-order valence-electron chi connectivity index (χ1n) is 5.87. The molecule has 1 heteroatoms. The molecule has 0 heterocycles. The van der Waals surface area contributed by atoms with Crippen LogP contribution >= 0.6 is 0 Å². The van der Waals surface area contributed by atoms with Gasteiger partial charge in [-0.15, -0.1) is 0 Å². The molecule has 0 saturated carbocycles. The summed E-state index contributed by atoms with van der Waals surface area (Å²) < 4.78 is 5.84. The second kappa shape index (κ2) is 5.55. The minimum Gasteiger partial charge on any atom is -0.376 e. The van der Waals surface area contributed by atoms with Crippen LogP contribution in [0.2, 0.25) is 0 Å². The van der Waals surface area contributed by atoms with Crippen LogP contribution in [-0.4, -0.2) is 12.2 Å². The SMILES string of the molecule is CC(C)(C)OCC1CC/C=C\CCC1. The highest BCUT2D eigenvalue weighted by Crippen LogP contribution is 2.21. The van der Waals surface area contributed by atoms with E-state index < -0.39 is 0 Å². The van der Waals surface area contributed by atoms with Gasteiger partial charge in [0.2, 0.25) is 0 Å². The second-order valence-corrected chi connectivity index (χ2v) is 5.27. The Morgan fingerprint density at radius 1 is 1.14 bits per heavy atom. The van der Waals surface area contributed by atoms with E-state index in [-0.39, 0.29) is 5.60 Å². The fourth-order valence-corrected chi connectivity index (χ4v) is 1.77. The van der Waals surface area contributed by atoms with Gasteiger partial charge in [0.1, 0.15) is 0 Å². The predicted octanol–water partition coefficient (Wildman–Crippen LogP) is 3.94. The zero-order valence-electron chi connectivity index (χ0n) is 9.88. The van der Waals surface area contributed by atoms with E-state index in [1.807, 2.05) is 0 Å². The summed E-state index contributed by atoms with van der Waals surface area (Å²) >= 11 is 0. The van der Waals surface area contributed by atoms with Gasteiger partial charge in [-0.3, -0.25) is 0 Å². The van der Waals surface area contributed by atoms with Crippen LogP contribution in [0.1, 0.15) is 52.9 Å². The summed E-state index contributed by atoms with van der Waals surface area (Å²) in [6, 6.07) is 0. The van der Waals surface area contributed by atoms with E-state index >= 15 is 0 Å². The number of ether oxygens (including phenoxy) is 1. The third-order valence-corrected chi connectivity index (χ3v) is 2.64. The van der Waals surface area contributed by atoms with Crippen molar-refractivity contribution >= 4 is 0 Å².